The smallest absolute Gasteiger partial charge is 0.328 e. The van der Waals surface area contributed by atoms with Crippen LogP contribution in [0.3, 0.4) is 0 Å². The zero-order valence-corrected chi connectivity index (χ0v) is 18.3. The molecule has 0 saturated heterocycles. The van der Waals surface area contributed by atoms with Crippen LogP contribution in [0.25, 0.3) is 0 Å². The van der Waals surface area contributed by atoms with Gasteiger partial charge >= 0.3 is 13.5 Å². The maximum absolute atomic E-state index is 13.0. The SMILES string of the molecule is COC(=O)[C@@H]1CCCOc2ccc(cc2)C[C@H]([B]OCN)C(=O)N[C@@H](C(C)C)C(=O)N1. The van der Waals surface area contributed by atoms with Crippen molar-refractivity contribution in [2.45, 2.75) is 51.0 Å². The number of fused-ring (bicyclic) bond motifs is 13. The molecule has 2 amide bonds. The number of nitrogens with one attached hydrogen (secondary N) is 2. The number of amides is 2. The van der Waals surface area contributed by atoms with Crippen molar-refractivity contribution in [1.29, 1.82) is 0 Å². The second-order valence-electron chi connectivity index (χ2n) is 7.73. The lowest BCUT2D eigenvalue weighted by Gasteiger charge is -2.26. The number of ether oxygens (including phenoxy) is 2. The summed E-state index contributed by atoms with van der Waals surface area (Å²) in [6.45, 7) is 3.95. The van der Waals surface area contributed by atoms with Crippen LogP contribution in [-0.2, 0) is 30.2 Å². The normalized spacial score (nSPS) is 22.9. The van der Waals surface area contributed by atoms with E-state index in [-0.39, 0.29) is 18.6 Å². The van der Waals surface area contributed by atoms with Crippen LogP contribution in [0, 0.1) is 5.92 Å². The average Bonchev–Trinajstić information content (AvgIpc) is 2.76. The van der Waals surface area contributed by atoms with E-state index in [0.29, 0.717) is 31.6 Å². The summed E-state index contributed by atoms with van der Waals surface area (Å²) < 4.78 is 15.7. The fourth-order valence-electron chi connectivity index (χ4n) is 3.28. The molecule has 0 unspecified atom stereocenters. The molecule has 0 aromatic heterocycles. The summed E-state index contributed by atoms with van der Waals surface area (Å²) in [5, 5.41) is 5.50. The predicted octanol–water partition coefficient (Wildman–Crippen LogP) is 0.541. The quantitative estimate of drug-likeness (QED) is 0.352. The van der Waals surface area contributed by atoms with E-state index in [1.807, 2.05) is 38.1 Å². The minimum Gasteiger partial charge on any atom is -0.494 e. The minimum absolute atomic E-state index is 0.0640. The van der Waals surface area contributed by atoms with E-state index in [2.05, 4.69) is 10.6 Å². The molecule has 2 bridgehead atoms. The van der Waals surface area contributed by atoms with Crippen LogP contribution in [0.4, 0.5) is 0 Å². The van der Waals surface area contributed by atoms with Gasteiger partial charge in [0.1, 0.15) is 17.8 Å². The van der Waals surface area contributed by atoms with Crippen molar-refractivity contribution >= 4 is 25.3 Å². The molecule has 0 aliphatic carbocycles. The van der Waals surface area contributed by atoms with Crippen molar-refractivity contribution in [3.05, 3.63) is 29.8 Å². The predicted molar refractivity (Wildman–Crippen MR) is 115 cm³/mol. The molecule has 3 rings (SSSR count). The monoisotopic (exact) mass is 432 g/mol. The van der Waals surface area contributed by atoms with Crippen molar-refractivity contribution in [3.63, 3.8) is 0 Å². The van der Waals surface area contributed by atoms with Gasteiger partial charge < -0.3 is 30.5 Å². The first-order valence-corrected chi connectivity index (χ1v) is 10.4. The Morgan fingerprint density at radius 3 is 2.55 bits per heavy atom. The van der Waals surface area contributed by atoms with Gasteiger partial charge in [-0.1, -0.05) is 26.0 Å². The topological polar surface area (TPSA) is 129 Å². The Balaban J connectivity index is 2.31. The molecule has 2 heterocycles. The molecule has 0 saturated carbocycles. The van der Waals surface area contributed by atoms with Crippen LogP contribution in [0.1, 0.15) is 32.3 Å². The highest BCUT2D eigenvalue weighted by atomic mass is 16.5. The maximum Gasteiger partial charge on any atom is 0.328 e. The lowest BCUT2D eigenvalue weighted by molar-refractivity contribution is -0.145. The van der Waals surface area contributed by atoms with E-state index >= 15 is 0 Å². The van der Waals surface area contributed by atoms with Gasteiger partial charge in [-0.25, -0.2) is 4.79 Å². The van der Waals surface area contributed by atoms with Gasteiger partial charge in [-0.05, 0) is 42.9 Å². The fraction of sp³-hybridized carbons (Fsp3) is 0.571. The first-order chi connectivity index (χ1) is 14.8. The molecule has 0 fully saturated rings. The second-order valence-corrected chi connectivity index (χ2v) is 7.73. The lowest BCUT2D eigenvalue weighted by atomic mass is 9.75. The molecular weight excluding hydrogens is 401 g/mol. The Hall–Kier alpha value is -2.59. The van der Waals surface area contributed by atoms with Crippen LogP contribution in [0.2, 0.25) is 5.82 Å². The molecule has 0 spiro atoms. The van der Waals surface area contributed by atoms with Gasteiger partial charge in [0.05, 0.1) is 20.4 Å². The van der Waals surface area contributed by atoms with E-state index < -0.39 is 29.8 Å². The summed E-state index contributed by atoms with van der Waals surface area (Å²) in [6.07, 6.45) is 1.24. The average molecular weight is 432 g/mol. The summed E-state index contributed by atoms with van der Waals surface area (Å²) >= 11 is 0. The summed E-state index contributed by atoms with van der Waals surface area (Å²) in [6, 6.07) is 5.74. The molecular formula is C21H31BN3O6. The fourth-order valence-corrected chi connectivity index (χ4v) is 3.28. The van der Waals surface area contributed by atoms with Crippen LogP contribution >= 0.6 is 0 Å². The van der Waals surface area contributed by atoms with E-state index in [9.17, 15) is 14.4 Å². The molecule has 10 heteroatoms. The molecule has 2 aliphatic heterocycles. The second kappa shape index (κ2) is 12.3. The third-order valence-electron chi connectivity index (χ3n) is 5.03. The first kappa shape index (κ1) is 24.7. The summed E-state index contributed by atoms with van der Waals surface area (Å²) in [4.78, 5) is 38.1. The van der Waals surface area contributed by atoms with Gasteiger partial charge in [0.25, 0.3) is 0 Å². The van der Waals surface area contributed by atoms with E-state index in [1.165, 1.54) is 14.6 Å². The zero-order chi connectivity index (χ0) is 22.8. The van der Waals surface area contributed by atoms with E-state index in [0.717, 1.165) is 5.56 Å². The molecule has 31 heavy (non-hydrogen) atoms. The minimum atomic E-state index is -0.836. The molecule has 169 valence electrons. The standard InChI is InChI=1S/C21H31BN3O6/c1-13(2)18-20(27)24-17(21(28)29-3)5-4-10-30-15-8-6-14(7-9-15)11-16(19(26)25-18)22-31-12-23/h6-9,13,16-18H,4-5,10-12,23H2,1-3H3,(H,24,27)(H,25,26)/t16-,17-,18-/m0/s1. The van der Waals surface area contributed by atoms with Crippen LogP contribution in [-0.4, -0.2) is 57.8 Å². The molecule has 2 aliphatic rings. The summed E-state index contributed by atoms with van der Waals surface area (Å²) in [7, 11) is 2.65. The number of carbonyl (C=O) groups excluding carboxylic acids is 3. The van der Waals surface area contributed by atoms with Crippen molar-refractivity contribution in [1.82, 2.24) is 10.6 Å². The third kappa shape index (κ3) is 7.55. The number of methoxy groups -OCH3 is 1. The number of carbonyl (C=O) groups is 3. The summed E-state index contributed by atoms with van der Waals surface area (Å²) in [5.41, 5.74) is 6.32. The van der Waals surface area contributed by atoms with Gasteiger partial charge in [0, 0.05) is 5.82 Å². The number of benzene rings is 1. The largest absolute Gasteiger partial charge is 0.494 e. The van der Waals surface area contributed by atoms with E-state index in [1.54, 1.807) is 0 Å². The van der Waals surface area contributed by atoms with E-state index in [4.69, 9.17) is 19.9 Å². The van der Waals surface area contributed by atoms with Crippen molar-refractivity contribution in [2.24, 2.45) is 11.7 Å². The number of hydrogen-bond acceptors (Lipinski definition) is 7. The Morgan fingerprint density at radius 1 is 1.23 bits per heavy atom. The Kier molecular flexibility index (Phi) is 9.80. The number of esters is 1. The van der Waals surface area contributed by atoms with Crippen molar-refractivity contribution < 1.29 is 28.5 Å². The molecule has 4 N–H and O–H groups in total. The van der Waals surface area contributed by atoms with Crippen molar-refractivity contribution in [3.8, 4) is 5.75 Å². The zero-order valence-electron chi connectivity index (χ0n) is 18.3. The van der Waals surface area contributed by atoms with Crippen LogP contribution in [0.5, 0.6) is 5.75 Å². The number of hydrogen-bond donors (Lipinski definition) is 3. The lowest BCUT2D eigenvalue weighted by Crippen LogP contribution is -2.54. The van der Waals surface area contributed by atoms with Crippen molar-refractivity contribution in [2.75, 3.05) is 20.4 Å². The Morgan fingerprint density at radius 2 is 1.94 bits per heavy atom. The van der Waals surface area contributed by atoms with Crippen LogP contribution < -0.4 is 21.1 Å². The van der Waals surface area contributed by atoms with Gasteiger partial charge in [0.15, 0.2) is 0 Å². The van der Waals surface area contributed by atoms with Crippen LogP contribution in [0.15, 0.2) is 24.3 Å². The highest BCUT2D eigenvalue weighted by molar-refractivity contribution is 6.37. The highest BCUT2D eigenvalue weighted by Gasteiger charge is 2.31. The molecule has 1 aromatic carbocycles. The maximum atomic E-state index is 13.0. The molecule has 9 nitrogen and oxygen atoms in total. The first-order valence-electron chi connectivity index (χ1n) is 10.4. The summed E-state index contributed by atoms with van der Waals surface area (Å²) in [5.74, 6) is -1.56. The molecule has 1 radical (unpaired) electrons. The van der Waals surface area contributed by atoms with Gasteiger partial charge in [-0.15, -0.1) is 0 Å². The number of nitrogens with two attached hydrogens (primary N) is 1. The van der Waals surface area contributed by atoms with Gasteiger partial charge in [-0.2, -0.15) is 0 Å². The van der Waals surface area contributed by atoms with Gasteiger partial charge in [0.2, 0.25) is 11.8 Å². The Bertz CT molecular complexity index is 743. The number of rotatable bonds is 5. The molecule has 3 atom stereocenters. The van der Waals surface area contributed by atoms with Gasteiger partial charge in [-0.3, -0.25) is 9.59 Å². The molecule has 1 aromatic rings. The highest BCUT2D eigenvalue weighted by Crippen LogP contribution is 2.19. The third-order valence-corrected chi connectivity index (χ3v) is 5.03. The Labute approximate surface area is 183 Å².